The summed E-state index contributed by atoms with van der Waals surface area (Å²) in [5, 5.41) is 12.4. The van der Waals surface area contributed by atoms with Crippen molar-refractivity contribution in [1.82, 2.24) is 19.7 Å². The van der Waals surface area contributed by atoms with Crippen LogP contribution in [0.4, 0.5) is 0 Å². The van der Waals surface area contributed by atoms with Crippen molar-refractivity contribution in [2.45, 2.75) is 13.0 Å². The fourth-order valence-electron chi connectivity index (χ4n) is 1.30. The van der Waals surface area contributed by atoms with Gasteiger partial charge in [-0.1, -0.05) is 0 Å². The molecule has 0 saturated carbocycles. The number of nitrogens with zero attached hydrogens (tertiary/aromatic N) is 5. The molecule has 0 spiro atoms. The third-order valence-corrected chi connectivity index (χ3v) is 2.18. The Kier molecular flexibility index (Phi) is 5.68. The van der Waals surface area contributed by atoms with Crippen LogP contribution in [0.5, 0.6) is 0 Å². The van der Waals surface area contributed by atoms with Crippen molar-refractivity contribution in [3.8, 4) is 6.07 Å². The second-order valence-electron chi connectivity index (χ2n) is 3.37. The third kappa shape index (κ3) is 4.61. The highest BCUT2D eigenvalue weighted by Crippen LogP contribution is 1.95. The normalized spacial score (nSPS) is 9.88. The first-order valence-electron chi connectivity index (χ1n) is 5.24. The van der Waals surface area contributed by atoms with Gasteiger partial charge in [-0.2, -0.15) is 10.4 Å². The topological polar surface area (TPSA) is 84.0 Å². The van der Waals surface area contributed by atoms with Crippen LogP contribution in [-0.2, 0) is 16.1 Å². The molecule has 1 rings (SSSR count). The standard InChI is InChI=1S/C10H15N5O2/c1-17-6-5-14(4-2-3-11)10(16)7-15-9-12-8-13-15/h8-9H,2,4-7H2,1H3. The van der Waals surface area contributed by atoms with Crippen molar-refractivity contribution in [3.05, 3.63) is 12.7 Å². The molecule has 1 amide bonds. The van der Waals surface area contributed by atoms with Crippen LogP contribution in [0.2, 0.25) is 0 Å². The Balaban J connectivity index is 2.49. The molecule has 0 aliphatic carbocycles. The van der Waals surface area contributed by atoms with Crippen LogP contribution in [0.3, 0.4) is 0 Å². The minimum Gasteiger partial charge on any atom is -0.383 e. The number of methoxy groups -OCH3 is 1. The van der Waals surface area contributed by atoms with Crippen molar-refractivity contribution in [2.75, 3.05) is 26.8 Å². The van der Waals surface area contributed by atoms with E-state index in [0.717, 1.165) is 0 Å². The first-order valence-corrected chi connectivity index (χ1v) is 5.24. The lowest BCUT2D eigenvalue weighted by molar-refractivity contribution is -0.132. The first-order chi connectivity index (χ1) is 8.27. The van der Waals surface area contributed by atoms with E-state index in [1.54, 1.807) is 12.0 Å². The third-order valence-electron chi connectivity index (χ3n) is 2.18. The van der Waals surface area contributed by atoms with Gasteiger partial charge in [-0.15, -0.1) is 0 Å². The van der Waals surface area contributed by atoms with E-state index in [2.05, 4.69) is 10.1 Å². The monoisotopic (exact) mass is 237 g/mol. The van der Waals surface area contributed by atoms with E-state index in [1.165, 1.54) is 17.3 Å². The van der Waals surface area contributed by atoms with Crippen molar-refractivity contribution >= 4 is 5.91 Å². The molecule has 0 aliphatic rings. The number of carbonyl (C=O) groups is 1. The molecule has 0 bridgehead atoms. The number of ether oxygens (including phenoxy) is 1. The molecule has 7 nitrogen and oxygen atoms in total. The van der Waals surface area contributed by atoms with E-state index in [9.17, 15) is 4.79 Å². The number of hydrogen-bond acceptors (Lipinski definition) is 5. The van der Waals surface area contributed by atoms with Gasteiger partial charge in [0, 0.05) is 20.2 Å². The minimum absolute atomic E-state index is 0.0946. The largest absolute Gasteiger partial charge is 0.383 e. The van der Waals surface area contributed by atoms with Gasteiger partial charge in [-0.05, 0) is 0 Å². The maximum Gasteiger partial charge on any atom is 0.244 e. The molecule has 0 atom stereocenters. The molecule has 1 aromatic rings. The molecule has 7 heteroatoms. The molecule has 92 valence electrons. The van der Waals surface area contributed by atoms with Crippen molar-refractivity contribution in [1.29, 1.82) is 5.26 Å². The zero-order valence-electron chi connectivity index (χ0n) is 9.74. The lowest BCUT2D eigenvalue weighted by Crippen LogP contribution is -2.37. The van der Waals surface area contributed by atoms with Gasteiger partial charge >= 0.3 is 0 Å². The van der Waals surface area contributed by atoms with E-state index in [0.29, 0.717) is 26.1 Å². The minimum atomic E-state index is -0.0946. The van der Waals surface area contributed by atoms with Gasteiger partial charge < -0.3 is 9.64 Å². The highest BCUT2D eigenvalue weighted by Gasteiger charge is 2.13. The van der Waals surface area contributed by atoms with Crippen LogP contribution in [-0.4, -0.2) is 52.4 Å². The molecule has 0 radical (unpaired) electrons. The zero-order chi connectivity index (χ0) is 12.5. The second-order valence-corrected chi connectivity index (χ2v) is 3.37. The van der Waals surface area contributed by atoms with E-state index < -0.39 is 0 Å². The van der Waals surface area contributed by atoms with E-state index in [-0.39, 0.29) is 12.5 Å². The van der Waals surface area contributed by atoms with Crippen molar-refractivity contribution in [2.24, 2.45) is 0 Å². The Bertz CT molecular complexity index is 371. The predicted octanol–water partition coefficient (Wildman–Crippen LogP) is -0.333. The quantitative estimate of drug-likeness (QED) is 0.648. The summed E-state index contributed by atoms with van der Waals surface area (Å²) in [7, 11) is 1.57. The molecule has 1 heterocycles. The highest BCUT2D eigenvalue weighted by molar-refractivity contribution is 5.75. The number of hydrogen-bond donors (Lipinski definition) is 0. The average molecular weight is 237 g/mol. The summed E-state index contributed by atoms with van der Waals surface area (Å²) in [6, 6.07) is 2.02. The van der Waals surface area contributed by atoms with Crippen molar-refractivity contribution < 1.29 is 9.53 Å². The molecular formula is C10H15N5O2. The summed E-state index contributed by atoms with van der Waals surface area (Å²) < 4.78 is 6.38. The molecule has 0 aliphatic heterocycles. The molecule has 0 aromatic carbocycles. The molecule has 0 saturated heterocycles. The molecule has 17 heavy (non-hydrogen) atoms. The summed E-state index contributed by atoms with van der Waals surface area (Å²) in [6.07, 6.45) is 3.17. The van der Waals surface area contributed by atoms with Gasteiger partial charge in [0.1, 0.15) is 19.2 Å². The fourth-order valence-corrected chi connectivity index (χ4v) is 1.30. The van der Waals surface area contributed by atoms with Gasteiger partial charge in [0.25, 0.3) is 0 Å². The molecule has 0 N–H and O–H groups in total. The van der Waals surface area contributed by atoms with Gasteiger partial charge in [0.2, 0.25) is 5.91 Å². The van der Waals surface area contributed by atoms with E-state index in [1.807, 2.05) is 6.07 Å². The number of rotatable bonds is 7. The lowest BCUT2D eigenvalue weighted by Gasteiger charge is -2.20. The summed E-state index contributed by atoms with van der Waals surface area (Å²) in [4.78, 5) is 17.2. The van der Waals surface area contributed by atoms with Gasteiger partial charge in [-0.25, -0.2) is 9.67 Å². The number of carbonyl (C=O) groups excluding carboxylic acids is 1. The second kappa shape index (κ2) is 7.35. The van der Waals surface area contributed by atoms with Crippen molar-refractivity contribution in [3.63, 3.8) is 0 Å². The van der Waals surface area contributed by atoms with Gasteiger partial charge in [-0.3, -0.25) is 4.79 Å². The van der Waals surface area contributed by atoms with Crippen LogP contribution in [0.1, 0.15) is 6.42 Å². The van der Waals surface area contributed by atoms with Crippen LogP contribution < -0.4 is 0 Å². The lowest BCUT2D eigenvalue weighted by atomic mass is 10.3. The number of amides is 1. The highest BCUT2D eigenvalue weighted by atomic mass is 16.5. The predicted molar refractivity (Wildman–Crippen MR) is 58.7 cm³/mol. The summed E-state index contributed by atoms with van der Waals surface area (Å²) >= 11 is 0. The first kappa shape index (κ1) is 13.1. The Morgan fingerprint density at radius 2 is 2.41 bits per heavy atom. The molecule has 0 unspecified atom stereocenters. The number of nitriles is 1. The molecular weight excluding hydrogens is 222 g/mol. The Morgan fingerprint density at radius 3 is 3.00 bits per heavy atom. The Hall–Kier alpha value is -1.94. The van der Waals surface area contributed by atoms with Crippen LogP contribution in [0.25, 0.3) is 0 Å². The SMILES string of the molecule is COCCN(CCC#N)C(=O)Cn1cncn1. The van der Waals surface area contributed by atoms with Crippen LogP contribution in [0.15, 0.2) is 12.7 Å². The van der Waals surface area contributed by atoms with Crippen LogP contribution in [0, 0.1) is 11.3 Å². The van der Waals surface area contributed by atoms with Gasteiger partial charge in [0.05, 0.1) is 19.1 Å². The van der Waals surface area contributed by atoms with E-state index >= 15 is 0 Å². The van der Waals surface area contributed by atoms with Gasteiger partial charge in [0.15, 0.2) is 0 Å². The fraction of sp³-hybridized carbons (Fsp3) is 0.600. The maximum atomic E-state index is 11.9. The number of aromatic nitrogens is 3. The summed E-state index contributed by atoms with van der Waals surface area (Å²) in [5.74, 6) is -0.0946. The summed E-state index contributed by atoms with van der Waals surface area (Å²) in [5.41, 5.74) is 0. The average Bonchev–Trinajstić information content (AvgIpc) is 2.82. The Morgan fingerprint density at radius 1 is 1.59 bits per heavy atom. The summed E-state index contributed by atoms with van der Waals surface area (Å²) in [6.45, 7) is 1.47. The van der Waals surface area contributed by atoms with E-state index in [4.69, 9.17) is 10.00 Å². The smallest absolute Gasteiger partial charge is 0.244 e. The maximum absolute atomic E-state index is 11.9. The Labute approximate surface area is 99.6 Å². The molecule has 1 aromatic heterocycles. The molecule has 0 fully saturated rings. The van der Waals surface area contributed by atoms with Crippen LogP contribution >= 0.6 is 0 Å². The zero-order valence-corrected chi connectivity index (χ0v) is 9.74.